The molecular weight excluding hydrogens is 372 g/mol. The van der Waals surface area contributed by atoms with E-state index in [1.807, 2.05) is 37.3 Å². The van der Waals surface area contributed by atoms with E-state index in [4.69, 9.17) is 4.74 Å². The quantitative estimate of drug-likeness (QED) is 0.300. The van der Waals surface area contributed by atoms with Crippen molar-refractivity contribution in [3.63, 3.8) is 0 Å². The van der Waals surface area contributed by atoms with Crippen LogP contribution in [0.15, 0.2) is 60.7 Å². The van der Waals surface area contributed by atoms with Gasteiger partial charge in [0.15, 0.2) is 6.10 Å². The third-order valence-electron chi connectivity index (χ3n) is 4.44. The van der Waals surface area contributed by atoms with E-state index in [1.54, 1.807) is 6.07 Å². The molecule has 0 aliphatic heterocycles. The van der Waals surface area contributed by atoms with Crippen molar-refractivity contribution in [3.8, 4) is 0 Å². The summed E-state index contributed by atoms with van der Waals surface area (Å²) in [5, 5.41) is 13.6. The monoisotopic (exact) mass is 396 g/mol. The van der Waals surface area contributed by atoms with Crippen molar-refractivity contribution in [2.24, 2.45) is 0 Å². The van der Waals surface area contributed by atoms with Crippen LogP contribution < -0.4 is 5.32 Å². The van der Waals surface area contributed by atoms with Gasteiger partial charge in [-0.3, -0.25) is 14.9 Å². The fourth-order valence-electron chi connectivity index (χ4n) is 2.76. The Balaban J connectivity index is 1.86. The highest BCUT2D eigenvalue weighted by molar-refractivity contribution is 5.90. The highest BCUT2D eigenvalue weighted by atomic mass is 16.6. The van der Waals surface area contributed by atoms with Crippen molar-refractivity contribution >= 4 is 23.6 Å². The van der Waals surface area contributed by atoms with E-state index in [-0.39, 0.29) is 17.5 Å². The molecule has 7 nitrogen and oxygen atoms in total. The fourth-order valence-corrected chi connectivity index (χ4v) is 2.76. The zero-order chi connectivity index (χ0) is 21.2. The molecule has 1 amide bonds. The summed E-state index contributed by atoms with van der Waals surface area (Å²) in [6.45, 7) is 3.99. The van der Waals surface area contributed by atoms with Crippen LogP contribution in [0.1, 0.15) is 37.3 Å². The molecule has 0 heterocycles. The van der Waals surface area contributed by atoms with Crippen LogP contribution in [-0.2, 0) is 14.3 Å². The van der Waals surface area contributed by atoms with Crippen LogP contribution >= 0.6 is 0 Å². The zero-order valence-corrected chi connectivity index (χ0v) is 16.4. The summed E-state index contributed by atoms with van der Waals surface area (Å²) in [6, 6.07) is 15.7. The Morgan fingerprint density at radius 3 is 2.55 bits per heavy atom. The largest absolute Gasteiger partial charge is 0.449 e. The fraction of sp³-hybridized carbons (Fsp3) is 0.273. The van der Waals surface area contributed by atoms with Crippen LogP contribution in [-0.4, -0.2) is 29.4 Å². The Morgan fingerprint density at radius 1 is 1.17 bits per heavy atom. The third kappa shape index (κ3) is 6.88. The van der Waals surface area contributed by atoms with Gasteiger partial charge in [0.25, 0.3) is 11.6 Å². The second-order valence-electron chi connectivity index (χ2n) is 6.53. The minimum absolute atomic E-state index is 0.0721. The normalized spacial score (nSPS) is 12.9. The summed E-state index contributed by atoms with van der Waals surface area (Å²) in [7, 11) is 0. The maximum atomic E-state index is 12.2. The predicted octanol–water partition coefficient (Wildman–Crippen LogP) is 3.85. The van der Waals surface area contributed by atoms with Crippen LogP contribution in [0.25, 0.3) is 6.08 Å². The second kappa shape index (κ2) is 10.8. The molecule has 0 aliphatic rings. The summed E-state index contributed by atoms with van der Waals surface area (Å²) in [4.78, 5) is 34.4. The van der Waals surface area contributed by atoms with Gasteiger partial charge in [0.1, 0.15) is 0 Å². The van der Waals surface area contributed by atoms with Gasteiger partial charge in [-0.2, -0.15) is 0 Å². The summed E-state index contributed by atoms with van der Waals surface area (Å²) < 4.78 is 5.11. The van der Waals surface area contributed by atoms with Gasteiger partial charge in [0.2, 0.25) is 0 Å². The van der Waals surface area contributed by atoms with E-state index in [2.05, 4.69) is 5.32 Å². The molecule has 0 saturated heterocycles. The van der Waals surface area contributed by atoms with E-state index in [0.717, 1.165) is 18.1 Å². The molecule has 2 aromatic carbocycles. The van der Waals surface area contributed by atoms with Crippen LogP contribution in [0, 0.1) is 10.1 Å². The average Bonchev–Trinajstić information content (AvgIpc) is 2.73. The number of benzene rings is 2. The van der Waals surface area contributed by atoms with Gasteiger partial charge in [0, 0.05) is 30.7 Å². The summed E-state index contributed by atoms with van der Waals surface area (Å²) in [5.74, 6) is -0.900. The van der Waals surface area contributed by atoms with Gasteiger partial charge in [0.05, 0.1) is 4.92 Å². The van der Waals surface area contributed by atoms with Gasteiger partial charge in [-0.05, 0) is 30.5 Å². The molecule has 29 heavy (non-hydrogen) atoms. The number of carbonyl (C=O) groups is 2. The molecule has 0 unspecified atom stereocenters. The molecule has 0 saturated carbocycles. The number of esters is 1. The van der Waals surface area contributed by atoms with Crippen molar-refractivity contribution < 1.29 is 19.2 Å². The predicted molar refractivity (Wildman–Crippen MR) is 110 cm³/mol. The number of nitro groups is 1. The number of ether oxygens (including phenoxy) is 1. The molecule has 2 rings (SSSR count). The molecule has 2 atom stereocenters. The highest BCUT2D eigenvalue weighted by Gasteiger charge is 2.18. The van der Waals surface area contributed by atoms with Crippen LogP contribution in [0.4, 0.5) is 5.69 Å². The number of hydrogen-bond donors (Lipinski definition) is 1. The highest BCUT2D eigenvalue weighted by Crippen LogP contribution is 2.18. The second-order valence-corrected chi connectivity index (χ2v) is 6.53. The molecule has 0 bridgehead atoms. The number of carbonyl (C=O) groups excluding carboxylic acids is 2. The molecule has 0 aliphatic carbocycles. The number of non-ortho nitro benzene ring substituents is 1. The first-order chi connectivity index (χ1) is 13.9. The lowest BCUT2D eigenvalue weighted by molar-refractivity contribution is -0.384. The standard InChI is InChI=1S/C22H24N2O5/c1-3-18(19-9-5-4-6-10-19)15-23-22(26)16(2)29-21(25)13-12-17-8-7-11-20(14-17)24(27)28/h4-14,16,18H,3,15H2,1-2H3,(H,23,26)/b13-12+/t16-,18-/m1/s1. The number of nitrogens with one attached hydrogen (secondary N) is 1. The molecular formula is C22H24N2O5. The number of amides is 1. The first kappa shape index (κ1) is 21.8. The molecule has 2 aromatic rings. The van der Waals surface area contributed by atoms with E-state index >= 15 is 0 Å². The molecule has 0 aromatic heterocycles. The lowest BCUT2D eigenvalue weighted by Crippen LogP contribution is -2.37. The first-order valence-electron chi connectivity index (χ1n) is 9.36. The number of nitro benzene ring substituents is 1. The Kier molecular flexibility index (Phi) is 8.09. The molecule has 152 valence electrons. The zero-order valence-electron chi connectivity index (χ0n) is 16.4. The number of nitrogens with zero attached hydrogens (tertiary/aromatic N) is 1. The van der Waals surface area contributed by atoms with Crippen molar-refractivity contribution in [1.82, 2.24) is 5.32 Å². The van der Waals surface area contributed by atoms with Crippen LogP contribution in [0.2, 0.25) is 0 Å². The van der Waals surface area contributed by atoms with E-state index in [9.17, 15) is 19.7 Å². The van der Waals surface area contributed by atoms with Crippen LogP contribution in [0.3, 0.4) is 0 Å². The summed E-state index contributed by atoms with van der Waals surface area (Å²) in [6.07, 6.45) is 2.46. The Hall–Kier alpha value is -3.48. The third-order valence-corrected chi connectivity index (χ3v) is 4.44. The van der Waals surface area contributed by atoms with Crippen molar-refractivity contribution in [2.75, 3.05) is 6.54 Å². The number of hydrogen-bond acceptors (Lipinski definition) is 5. The molecule has 7 heteroatoms. The lowest BCUT2D eigenvalue weighted by atomic mass is 9.96. The van der Waals surface area contributed by atoms with Gasteiger partial charge in [-0.1, -0.05) is 49.4 Å². The maximum absolute atomic E-state index is 12.2. The van der Waals surface area contributed by atoms with Crippen molar-refractivity contribution in [1.29, 1.82) is 0 Å². The van der Waals surface area contributed by atoms with Crippen molar-refractivity contribution in [2.45, 2.75) is 32.3 Å². The summed E-state index contributed by atoms with van der Waals surface area (Å²) >= 11 is 0. The molecule has 0 fully saturated rings. The van der Waals surface area contributed by atoms with E-state index in [0.29, 0.717) is 12.1 Å². The first-order valence-corrected chi connectivity index (χ1v) is 9.36. The van der Waals surface area contributed by atoms with Gasteiger partial charge >= 0.3 is 5.97 Å². The minimum atomic E-state index is -0.953. The van der Waals surface area contributed by atoms with E-state index in [1.165, 1.54) is 31.2 Å². The Labute approximate surface area is 169 Å². The van der Waals surface area contributed by atoms with Crippen LogP contribution in [0.5, 0.6) is 0 Å². The summed E-state index contributed by atoms with van der Waals surface area (Å²) in [5.41, 5.74) is 1.55. The smallest absolute Gasteiger partial charge is 0.331 e. The van der Waals surface area contributed by atoms with Gasteiger partial charge in [-0.25, -0.2) is 4.79 Å². The Bertz CT molecular complexity index is 880. The molecule has 0 spiro atoms. The van der Waals surface area contributed by atoms with Gasteiger partial charge < -0.3 is 10.1 Å². The maximum Gasteiger partial charge on any atom is 0.331 e. The molecule has 0 radical (unpaired) electrons. The minimum Gasteiger partial charge on any atom is -0.449 e. The molecule has 1 N–H and O–H groups in total. The van der Waals surface area contributed by atoms with E-state index < -0.39 is 17.0 Å². The van der Waals surface area contributed by atoms with Gasteiger partial charge in [-0.15, -0.1) is 0 Å². The number of rotatable bonds is 9. The SMILES string of the molecule is CC[C@H](CNC(=O)[C@@H](C)OC(=O)/C=C/c1cccc([N+](=O)[O-])c1)c1ccccc1. The lowest BCUT2D eigenvalue weighted by Gasteiger charge is -2.18. The van der Waals surface area contributed by atoms with Crippen molar-refractivity contribution in [3.05, 3.63) is 81.9 Å². The average molecular weight is 396 g/mol. The topological polar surface area (TPSA) is 98.5 Å². The Morgan fingerprint density at radius 2 is 1.90 bits per heavy atom.